The van der Waals surface area contributed by atoms with Gasteiger partial charge < -0.3 is 5.11 Å². The first-order chi connectivity index (χ1) is 7.75. The van der Waals surface area contributed by atoms with Gasteiger partial charge in [-0.3, -0.25) is 0 Å². The highest BCUT2D eigenvalue weighted by molar-refractivity contribution is 5.18. The topological polar surface area (TPSA) is 46.0 Å². The van der Waals surface area contributed by atoms with Crippen LogP contribution in [0.15, 0.2) is 6.07 Å². The Kier molecular flexibility index (Phi) is 4.26. The predicted molar refractivity (Wildman–Crippen MR) is 70.1 cm³/mol. The Morgan fingerprint density at radius 2 is 1.82 bits per heavy atom. The van der Waals surface area contributed by atoms with E-state index in [1.54, 1.807) is 0 Å². The van der Waals surface area contributed by atoms with E-state index in [-0.39, 0.29) is 17.9 Å². The third-order valence-corrected chi connectivity index (χ3v) is 2.97. The van der Waals surface area contributed by atoms with Crippen LogP contribution in [0.4, 0.5) is 0 Å². The van der Waals surface area contributed by atoms with E-state index in [9.17, 15) is 5.11 Å². The van der Waals surface area contributed by atoms with E-state index < -0.39 is 0 Å². The summed E-state index contributed by atoms with van der Waals surface area (Å²) in [6, 6.07) is 2.03. The Labute approximate surface area is 104 Å². The highest BCUT2D eigenvalue weighted by Gasteiger charge is 2.22. The second-order valence-corrected chi connectivity index (χ2v) is 6.04. The quantitative estimate of drug-likeness (QED) is 0.877. The molecule has 1 unspecified atom stereocenters. The largest absolute Gasteiger partial charge is 0.396 e. The summed E-state index contributed by atoms with van der Waals surface area (Å²) in [6.07, 6.45) is 0. The number of hydrogen-bond acceptors (Lipinski definition) is 3. The number of aliphatic hydroxyl groups is 1. The van der Waals surface area contributed by atoms with Gasteiger partial charge >= 0.3 is 0 Å². The lowest BCUT2D eigenvalue weighted by molar-refractivity contribution is 0.231. The molecule has 96 valence electrons. The Morgan fingerprint density at radius 3 is 2.24 bits per heavy atom. The number of aryl methyl sites for hydroxylation is 1. The molecule has 0 bridgehead atoms. The molecule has 0 saturated carbocycles. The molecule has 1 rings (SSSR count). The molecule has 0 saturated heterocycles. The Bertz CT molecular complexity index is 380. The zero-order valence-electron chi connectivity index (χ0n) is 11.8. The maximum Gasteiger partial charge on any atom is 0.134 e. The van der Waals surface area contributed by atoms with Crippen LogP contribution in [0, 0.1) is 12.8 Å². The van der Waals surface area contributed by atoms with E-state index in [0.29, 0.717) is 5.92 Å². The molecule has 0 amide bonds. The molecule has 0 spiro atoms. The van der Waals surface area contributed by atoms with Crippen LogP contribution < -0.4 is 0 Å². The van der Waals surface area contributed by atoms with E-state index >= 15 is 0 Å². The number of hydrogen-bond donors (Lipinski definition) is 1. The van der Waals surface area contributed by atoms with Gasteiger partial charge in [0.15, 0.2) is 0 Å². The molecule has 1 heterocycles. The molecule has 3 heteroatoms. The van der Waals surface area contributed by atoms with Crippen molar-refractivity contribution < 1.29 is 5.11 Å². The van der Waals surface area contributed by atoms with Crippen molar-refractivity contribution in [2.24, 2.45) is 5.92 Å². The zero-order valence-corrected chi connectivity index (χ0v) is 11.8. The Hall–Kier alpha value is -0.960. The number of rotatable bonds is 3. The normalized spacial score (nSPS) is 14.1. The molecule has 3 nitrogen and oxygen atoms in total. The van der Waals surface area contributed by atoms with E-state index in [4.69, 9.17) is 0 Å². The minimum atomic E-state index is 0.0133. The van der Waals surface area contributed by atoms with Gasteiger partial charge in [-0.25, -0.2) is 9.97 Å². The molecule has 0 radical (unpaired) electrons. The number of nitrogens with zero attached hydrogens (tertiary/aromatic N) is 2. The molecular weight excluding hydrogens is 212 g/mol. The third kappa shape index (κ3) is 3.50. The van der Waals surface area contributed by atoms with Gasteiger partial charge in [0.1, 0.15) is 5.82 Å². The van der Waals surface area contributed by atoms with Crippen LogP contribution in [-0.2, 0) is 5.41 Å². The molecule has 1 atom stereocenters. The highest BCUT2D eigenvalue weighted by atomic mass is 16.3. The minimum absolute atomic E-state index is 0.0133. The van der Waals surface area contributed by atoms with Crippen molar-refractivity contribution in [3.05, 3.63) is 23.3 Å². The van der Waals surface area contributed by atoms with Gasteiger partial charge in [-0.2, -0.15) is 0 Å². The van der Waals surface area contributed by atoms with Crippen LogP contribution in [0.1, 0.15) is 57.7 Å². The lowest BCUT2D eigenvalue weighted by Gasteiger charge is -2.22. The SMILES string of the molecule is Cc1cc(C(C)(C)C)nc(C(CO)C(C)C)n1. The molecular formula is C14H24N2O. The molecule has 0 aromatic carbocycles. The average Bonchev–Trinajstić information content (AvgIpc) is 2.15. The van der Waals surface area contributed by atoms with Crippen molar-refractivity contribution in [2.45, 2.75) is 52.9 Å². The average molecular weight is 236 g/mol. The van der Waals surface area contributed by atoms with Crippen LogP contribution in [0.2, 0.25) is 0 Å². The van der Waals surface area contributed by atoms with Crippen LogP contribution in [0.25, 0.3) is 0 Å². The molecule has 0 aliphatic heterocycles. The third-order valence-electron chi connectivity index (χ3n) is 2.97. The number of aromatic nitrogens is 2. The lowest BCUT2D eigenvalue weighted by Crippen LogP contribution is -2.20. The van der Waals surface area contributed by atoms with Crippen molar-refractivity contribution in [1.29, 1.82) is 0 Å². The summed E-state index contributed by atoms with van der Waals surface area (Å²) >= 11 is 0. The van der Waals surface area contributed by atoms with Crippen LogP contribution in [0.3, 0.4) is 0 Å². The van der Waals surface area contributed by atoms with E-state index in [1.807, 2.05) is 13.0 Å². The van der Waals surface area contributed by atoms with Crippen LogP contribution >= 0.6 is 0 Å². The fourth-order valence-corrected chi connectivity index (χ4v) is 1.73. The molecule has 17 heavy (non-hydrogen) atoms. The summed E-state index contributed by atoms with van der Waals surface area (Å²) < 4.78 is 0. The van der Waals surface area contributed by atoms with Gasteiger partial charge in [-0.1, -0.05) is 34.6 Å². The fraction of sp³-hybridized carbons (Fsp3) is 0.714. The van der Waals surface area contributed by atoms with Crippen molar-refractivity contribution in [3.8, 4) is 0 Å². The van der Waals surface area contributed by atoms with Crippen LogP contribution in [-0.4, -0.2) is 21.7 Å². The second kappa shape index (κ2) is 5.13. The molecule has 0 aliphatic carbocycles. The summed E-state index contributed by atoms with van der Waals surface area (Å²) in [5.74, 6) is 1.14. The van der Waals surface area contributed by atoms with Gasteiger partial charge in [0.25, 0.3) is 0 Å². The van der Waals surface area contributed by atoms with Gasteiger partial charge in [-0.05, 0) is 18.9 Å². The van der Waals surface area contributed by atoms with E-state index in [0.717, 1.165) is 17.2 Å². The maximum atomic E-state index is 9.45. The Morgan fingerprint density at radius 1 is 1.24 bits per heavy atom. The van der Waals surface area contributed by atoms with Gasteiger partial charge in [0.05, 0.1) is 6.61 Å². The first-order valence-electron chi connectivity index (χ1n) is 6.22. The molecule has 1 aromatic heterocycles. The van der Waals surface area contributed by atoms with Gasteiger partial charge in [0.2, 0.25) is 0 Å². The smallest absolute Gasteiger partial charge is 0.134 e. The first-order valence-corrected chi connectivity index (χ1v) is 6.22. The van der Waals surface area contributed by atoms with Crippen molar-refractivity contribution in [1.82, 2.24) is 9.97 Å². The fourth-order valence-electron chi connectivity index (χ4n) is 1.73. The zero-order chi connectivity index (χ0) is 13.2. The maximum absolute atomic E-state index is 9.45. The standard InChI is InChI=1S/C14H24N2O/c1-9(2)11(8-17)13-15-10(3)7-12(16-13)14(4,5)6/h7,9,11,17H,8H2,1-6H3. The van der Waals surface area contributed by atoms with E-state index in [1.165, 1.54) is 0 Å². The van der Waals surface area contributed by atoms with Crippen molar-refractivity contribution >= 4 is 0 Å². The summed E-state index contributed by atoms with van der Waals surface area (Å²) in [4.78, 5) is 9.09. The summed E-state index contributed by atoms with van der Waals surface area (Å²) in [5.41, 5.74) is 2.03. The predicted octanol–water partition coefficient (Wildman–Crippen LogP) is 2.81. The van der Waals surface area contributed by atoms with Crippen molar-refractivity contribution in [3.63, 3.8) is 0 Å². The van der Waals surface area contributed by atoms with Gasteiger partial charge in [0, 0.05) is 22.7 Å². The van der Waals surface area contributed by atoms with Crippen molar-refractivity contribution in [2.75, 3.05) is 6.61 Å². The monoisotopic (exact) mass is 236 g/mol. The molecule has 0 aliphatic rings. The van der Waals surface area contributed by atoms with Gasteiger partial charge in [-0.15, -0.1) is 0 Å². The Balaban J connectivity index is 3.21. The van der Waals surface area contributed by atoms with Crippen LogP contribution in [0.5, 0.6) is 0 Å². The van der Waals surface area contributed by atoms with E-state index in [2.05, 4.69) is 44.6 Å². The lowest BCUT2D eigenvalue weighted by atomic mass is 9.90. The number of aliphatic hydroxyl groups excluding tert-OH is 1. The molecule has 1 N–H and O–H groups in total. The molecule has 0 fully saturated rings. The second-order valence-electron chi connectivity index (χ2n) is 6.04. The highest BCUT2D eigenvalue weighted by Crippen LogP contribution is 2.25. The summed E-state index contributed by atoms with van der Waals surface area (Å²) in [7, 11) is 0. The summed E-state index contributed by atoms with van der Waals surface area (Å²) in [5, 5.41) is 9.45. The molecule has 1 aromatic rings. The summed E-state index contributed by atoms with van der Waals surface area (Å²) in [6.45, 7) is 12.7. The minimum Gasteiger partial charge on any atom is -0.396 e. The first kappa shape index (κ1) is 14.1.